The van der Waals surface area contributed by atoms with Crippen LogP contribution in [0.25, 0.3) is 11.0 Å². The van der Waals surface area contributed by atoms with Crippen molar-refractivity contribution in [2.75, 3.05) is 26.8 Å². The van der Waals surface area contributed by atoms with E-state index in [0.29, 0.717) is 18.9 Å². The van der Waals surface area contributed by atoms with Gasteiger partial charge in [0, 0.05) is 62.4 Å². The summed E-state index contributed by atoms with van der Waals surface area (Å²) in [6.45, 7) is 7.44. The molecule has 0 spiro atoms. The van der Waals surface area contributed by atoms with E-state index in [1.165, 1.54) is 16.8 Å². The number of nitrogens with zero attached hydrogens (tertiary/aromatic N) is 2. The molecular weight excluding hydrogens is 388 g/mol. The Morgan fingerprint density at radius 3 is 2.77 bits per heavy atom. The quantitative estimate of drug-likeness (QED) is 0.581. The third-order valence-electron chi connectivity index (χ3n) is 6.11. The molecular formula is C25H32N4O2. The second-order valence-corrected chi connectivity index (χ2v) is 8.71. The van der Waals surface area contributed by atoms with Crippen molar-refractivity contribution in [1.29, 1.82) is 0 Å². The number of ether oxygens (including phenoxy) is 1. The molecule has 2 N–H and O–H groups in total. The normalized spacial score (nSPS) is 19.4. The van der Waals surface area contributed by atoms with E-state index in [4.69, 9.17) is 4.74 Å². The molecule has 3 heterocycles. The second kappa shape index (κ2) is 9.62. The Morgan fingerprint density at radius 1 is 1.23 bits per heavy atom. The SMILES string of the molecule is COCCC(=O)N[C@@H]1CN(Cc2ccccc2)C[C@H]1c1c(C(C)C)[nH]c2ncccc12. The topological polar surface area (TPSA) is 70.2 Å². The number of fused-ring (bicyclic) bond motifs is 1. The summed E-state index contributed by atoms with van der Waals surface area (Å²) in [6, 6.07) is 14.7. The maximum absolute atomic E-state index is 12.6. The Balaban J connectivity index is 1.66. The number of likely N-dealkylation sites (tertiary alicyclic amines) is 1. The predicted octanol–water partition coefficient (Wildman–Crippen LogP) is 3.81. The number of carbonyl (C=O) groups is 1. The maximum atomic E-state index is 12.6. The van der Waals surface area contributed by atoms with Gasteiger partial charge in [-0.15, -0.1) is 0 Å². The van der Waals surface area contributed by atoms with Crippen LogP contribution in [0.3, 0.4) is 0 Å². The lowest BCUT2D eigenvalue weighted by Crippen LogP contribution is -2.40. The first-order chi connectivity index (χ1) is 15.1. The number of nitrogens with one attached hydrogen (secondary N) is 2. The summed E-state index contributed by atoms with van der Waals surface area (Å²) in [6.07, 6.45) is 2.21. The van der Waals surface area contributed by atoms with Gasteiger partial charge in [0.15, 0.2) is 0 Å². The molecule has 3 aromatic rings. The molecule has 6 heteroatoms. The summed E-state index contributed by atoms with van der Waals surface area (Å²) >= 11 is 0. The van der Waals surface area contributed by atoms with Crippen molar-refractivity contribution in [2.24, 2.45) is 0 Å². The van der Waals surface area contributed by atoms with Gasteiger partial charge < -0.3 is 15.0 Å². The van der Waals surface area contributed by atoms with Crippen molar-refractivity contribution in [3.63, 3.8) is 0 Å². The zero-order chi connectivity index (χ0) is 21.8. The van der Waals surface area contributed by atoms with E-state index in [0.717, 1.165) is 30.7 Å². The summed E-state index contributed by atoms with van der Waals surface area (Å²) in [5.41, 5.74) is 4.73. The predicted molar refractivity (Wildman–Crippen MR) is 123 cm³/mol. The van der Waals surface area contributed by atoms with E-state index in [-0.39, 0.29) is 17.9 Å². The first kappa shape index (κ1) is 21.5. The standard InChI is InChI=1S/C25H32N4O2/c1-17(2)24-23(19-10-7-12-26-25(19)28-24)20-15-29(14-18-8-5-4-6-9-18)16-21(20)27-22(30)11-13-31-3/h4-10,12,17,20-21H,11,13-16H2,1-3H3,(H,26,28)(H,27,30)/t20-,21-/m1/s1. The fourth-order valence-corrected chi connectivity index (χ4v) is 4.69. The summed E-state index contributed by atoms with van der Waals surface area (Å²) in [4.78, 5) is 23.1. The number of hydrogen-bond donors (Lipinski definition) is 2. The number of carbonyl (C=O) groups excluding carboxylic acids is 1. The van der Waals surface area contributed by atoms with Gasteiger partial charge in [0.2, 0.25) is 5.91 Å². The number of amides is 1. The molecule has 4 rings (SSSR count). The number of aromatic nitrogens is 2. The lowest BCUT2D eigenvalue weighted by atomic mass is 9.89. The molecule has 0 aliphatic carbocycles. The third-order valence-corrected chi connectivity index (χ3v) is 6.11. The van der Waals surface area contributed by atoms with Crippen molar-refractivity contribution >= 4 is 16.9 Å². The van der Waals surface area contributed by atoms with Gasteiger partial charge in [0.05, 0.1) is 6.61 Å². The summed E-state index contributed by atoms with van der Waals surface area (Å²) in [7, 11) is 1.63. The Kier molecular flexibility index (Phi) is 6.68. The van der Waals surface area contributed by atoms with Crippen LogP contribution in [0.4, 0.5) is 0 Å². The highest BCUT2D eigenvalue weighted by molar-refractivity contribution is 5.83. The van der Waals surface area contributed by atoms with Gasteiger partial charge in [-0.1, -0.05) is 44.2 Å². The Bertz CT molecular complexity index is 1010. The first-order valence-corrected chi connectivity index (χ1v) is 11.1. The van der Waals surface area contributed by atoms with E-state index in [1.54, 1.807) is 7.11 Å². The van der Waals surface area contributed by atoms with E-state index in [1.807, 2.05) is 18.3 Å². The molecule has 31 heavy (non-hydrogen) atoms. The van der Waals surface area contributed by atoms with Crippen LogP contribution in [-0.4, -0.2) is 53.6 Å². The Hall–Kier alpha value is -2.70. The van der Waals surface area contributed by atoms with E-state index < -0.39 is 0 Å². The Morgan fingerprint density at radius 2 is 2.03 bits per heavy atom. The molecule has 1 amide bonds. The van der Waals surface area contributed by atoms with Crippen LogP contribution in [0, 0.1) is 0 Å². The zero-order valence-electron chi connectivity index (χ0n) is 18.6. The van der Waals surface area contributed by atoms with Crippen LogP contribution < -0.4 is 5.32 Å². The van der Waals surface area contributed by atoms with Gasteiger partial charge in [0.1, 0.15) is 5.65 Å². The highest BCUT2D eigenvalue weighted by atomic mass is 16.5. The average Bonchev–Trinajstić information content (AvgIpc) is 3.33. The van der Waals surface area contributed by atoms with Crippen LogP contribution in [0.5, 0.6) is 0 Å². The third kappa shape index (κ3) is 4.81. The van der Waals surface area contributed by atoms with Crippen LogP contribution in [-0.2, 0) is 16.1 Å². The number of pyridine rings is 1. The molecule has 164 valence electrons. The van der Waals surface area contributed by atoms with Crippen molar-refractivity contribution in [3.8, 4) is 0 Å². The highest BCUT2D eigenvalue weighted by Gasteiger charge is 2.38. The number of rotatable bonds is 8. The van der Waals surface area contributed by atoms with E-state index in [9.17, 15) is 4.79 Å². The minimum absolute atomic E-state index is 0.0440. The van der Waals surface area contributed by atoms with Crippen molar-refractivity contribution < 1.29 is 9.53 Å². The largest absolute Gasteiger partial charge is 0.384 e. The van der Waals surface area contributed by atoms with Crippen LogP contribution in [0.2, 0.25) is 0 Å². The molecule has 0 saturated carbocycles. The fourth-order valence-electron chi connectivity index (χ4n) is 4.69. The molecule has 1 aliphatic rings. The molecule has 6 nitrogen and oxygen atoms in total. The summed E-state index contributed by atoms with van der Waals surface area (Å²) in [5.74, 6) is 0.588. The number of aromatic amines is 1. The first-order valence-electron chi connectivity index (χ1n) is 11.1. The average molecular weight is 421 g/mol. The number of hydrogen-bond acceptors (Lipinski definition) is 4. The molecule has 2 aromatic heterocycles. The van der Waals surface area contributed by atoms with Crippen LogP contribution in [0.1, 0.15) is 48.9 Å². The second-order valence-electron chi connectivity index (χ2n) is 8.71. The van der Waals surface area contributed by atoms with Gasteiger partial charge in [-0.3, -0.25) is 9.69 Å². The fraction of sp³-hybridized carbons (Fsp3) is 0.440. The van der Waals surface area contributed by atoms with Gasteiger partial charge in [-0.25, -0.2) is 4.98 Å². The van der Waals surface area contributed by atoms with Gasteiger partial charge in [-0.05, 0) is 29.2 Å². The monoisotopic (exact) mass is 420 g/mol. The lowest BCUT2D eigenvalue weighted by Gasteiger charge is -2.22. The highest BCUT2D eigenvalue weighted by Crippen LogP contribution is 2.38. The van der Waals surface area contributed by atoms with Crippen molar-refractivity contribution in [1.82, 2.24) is 20.2 Å². The Labute approximate surface area is 184 Å². The van der Waals surface area contributed by atoms with E-state index in [2.05, 4.69) is 64.4 Å². The number of methoxy groups -OCH3 is 1. The van der Waals surface area contributed by atoms with Gasteiger partial charge >= 0.3 is 0 Å². The molecule has 1 saturated heterocycles. The maximum Gasteiger partial charge on any atom is 0.222 e. The minimum Gasteiger partial charge on any atom is -0.384 e. The van der Waals surface area contributed by atoms with Crippen LogP contribution in [0.15, 0.2) is 48.7 Å². The number of benzene rings is 1. The zero-order valence-corrected chi connectivity index (χ0v) is 18.6. The minimum atomic E-state index is 0.0440. The molecule has 0 unspecified atom stereocenters. The molecule has 2 atom stereocenters. The molecule has 1 fully saturated rings. The van der Waals surface area contributed by atoms with Crippen molar-refractivity contribution in [2.45, 2.75) is 44.7 Å². The van der Waals surface area contributed by atoms with E-state index >= 15 is 0 Å². The van der Waals surface area contributed by atoms with Gasteiger partial charge in [-0.2, -0.15) is 0 Å². The molecule has 1 aliphatic heterocycles. The van der Waals surface area contributed by atoms with Crippen molar-refractivity contribution in [3.05, 3.63) is 65.5 Å². The molecule has 0 radical (unpaired) electrons. The lowest BCUT2D eigenvalue weighted by molar-refractivity contribution is -0.122. The number of H-pyrrole nitrogens is 1. The molecule has 0 bridgehead atoms. The van der Waals surface area contributed by atoms with Crippen LogP contribution >= 0.6 is 0 Å². The summed E-state index contributed by atoms with van der Waals surface area (Å²) in [5, 5.41) is 4.46. The summed E-state index contributed by atoms with van der Waals surface area (Å²) < 4.78 is 5.10. The smallest absolute Gasteiger partial charge is 0.222 e. The molecule has 1 aromatic carbocycles. The van der Waals surface area contributed by atoms with Gasteiger partial charge in [0.25, 0.3) is 0 Å².